The zero-order valence-electron chi connectivity index (χ0n) is 14.5. The third kappa shape index (κ3) is 4.54. The minimum Gasteiger partial charge on any atom is -0.495 e. The molecule has 134 valence electrons. The standard InChI is InChI=1S/C19H24N2O4/c1-23-17-7-3-2-6-16(17)21-12-10-20(11-13-21)9-5-15-25-19(22)18-8-4-14-24-18/h2-4,6-8,14H,5,9-13,15H2,1H3. The Morgan fingerprint density at radius 2 is 1.92 bits per heavy atom. The van der Waals surface area contributed by atoms with Crippen molar-refractivity contribution in [2.45, 2.75) is 6.42 Å². The zero-order chi connectivity index (χ0) is 17.5. The minimum absolute atomic E-state index is 0.255. The number of piperazine rings is 1. The van der Waals surface area contributed by atoms with Crippen molar-refractivity contribution >= 4 is 11.7 Å². The van der Waals surface area contributed by atoms with Crippen LogP contribution in [0.2, 0.25) is 0 Å². The van der Waals surface area contributed by atoms with Gasteiger partial charge in [0.25, 0.3) is 0 Å². The highest BCUT2D eigenvalue weighted by atomic mass is 16.5. The molecule has 0 unspecified atom stereocenters. The maximum Gasteiger partial charge on any atom is 0.374 e. The van der Waals surface area contributed by atoms with Crippen molar-refractivity contribution in [2.75, 3.05) is 51.3 Å². The summed E-state index contributed by atoms with van der Waals surface area (Å²) in [5, 5.41) is 0. The number of carbonyl (C=O) groups is 1. The fourth-order valence-electron chi connectivity index (χ4n) is 3.02. The molecule has 0 bridgehead atoms. The summed E-state index contributed by atoms with van der Waals surface area (Å²) in [7, 11) is 1.71. The molecular formula is C19H24N2O4. The Labute approximate surface area is 147 Å². The summed E-state index contributed by atoms with van der Waals surface area (Å²) in [6.07, 6.45) is 2.29. The Morgan fingerprint density at radius 3 is 2.64 bits per heavy atom. The Morgan fingerprint density at radius 1 is 1.12 bits per heavy atom. The van der Waals surface area contributed by atoms with Gasteiger partial charge >= 0.3 is 5.97 Å². The summed E-state index contributed by atoms with van der Waals surface area (Å²) >= 11 is 0. The molecule has 6 nitrogen and oxygen atoms in total. The quantitative estimate of drug-likeness (QED) is 0.569. The van der Waals surface area contributed by atoms with Gasteiger partial charge in [-0.05, 0) is 30.7 Å². The van der Waals surface area contributed by atoms with Crippen LogP contribution in [0.25, 0.3) is 0 Å². The molecule has 1 fully saturated rings. The number of methoxy groups -OCH3 is 1. The molecule has 0 amide bonds. The van der Waals surface area contributed by atoms with E-state index in [4.69, 9.17) is 13.9 Å². The van der Waals surface area contributed by atoms with E-state index in [2.05, 4.69) is 15.9 Å². The predicted molar refractivity (Wildman–Crippen MR) is 95.3 cm³/mol. The summed E-state index contributed by atoms with van der Waals surface area (Å²) in [6, 6.07) is 11.4. The number of carbonyl (C=O) groups excluding carboxylic acids is 1. The van der Waals surface area contributed by atoms with Gasteiger partial charge in [-0.25, -0.2) is 4.79 Å². The molecule has 0 radical (unpaired) electrons. The van der Waals surface area contributed by atoms with Crippen LogP contribution in [0, 0.1) is 0 Å². The Bertz CT molecular complexity index is 664. The van der Waals surface area contributed by atoms with Crippen LogP contribution in [0.1, 0.15) is 17.0 Å². The van der Waals surface area contributed by atoms with E-state index < -0.39 is 5.97 Å². The number of hydrogen-bond acceptors (Lipinski definition) is 6. The molecule has 0 aliphatic carbocycles. The van der Waals surface area contributed by atoms with Gasteiger partial charge in [0.05, 0.1) is 25.7 Å². The van der Waals surface area contributed by atoms with Crippen molar-refractivity contribution in [3.05, 3.63) is 48.4 Å². The molecule has 0 saturated carbocycles. The van der Waals surface area contributed by atoms with E-state index in [1.165, 1.54) is 6.26 Å². The van der Waals surface area contributed by atoms with E-state index in [9.17, 15) is 4.79 Å². The largest absolute Gasteiger partial charge is 0.495 e. The number of ether oxygens (including phenoxy) is 2. The lowest BCUT2D eigenvalue weighted by atomic mass is 10.2. The zero-order valence-corrected chi connectivity index (χ0v) is 14.5. The van der Waals surface area contributed by atoms with Crippen LogP contribution < -0.4 is 9.64 Å². The Kier molecular flexibility index (Phi) is 5.95. The Balaban J connectivity index is 1.37. The van der Waals surface area contributed by atoms with Crippen LogP contribution in [0.15, 0.2) is 47.1 Å². The van der Waals surface area contributed by atoms with Crippen LogP contribution in [-0.4, -0.2) is 57.3 Å². The molecule has 0 N–H and O–H groups in total. The molecule has 3 rings (SSSR count). The van der Waals surface area contributed by atoms with Crippen molar-refractivity contribution in [3.63, 3.8) is 0 Å². The second-order valence-electron chi connectivity index (χ2n) is 5.97. The molecule has 6 heteroatoms. The van der Waals surface area contributed by atoms with Gasteiger partial charge in [0.15, 0.2) is 0 Å². The third-order valence-electron chi connectivity index (χ3n) is 4.37. The number of rotatable bonds is 7. The first kappa shape index (κ1) is 17.4. The highest BCUT2D eigenvalue weighted by molar-refractivity contribution is 5.86. The van der Waals surface area contributed by atoms with Gasteiger partial charge < -0.3 is 18.8 Å². The highest BCUT2D eigenvalue weighted by Gasteiger charge is 2.19. The molecule has 1 saturated heterocycles. The fourth-order valence-corrected chi connectivity index (χ4v) is 3.02. The molecule has 1 aliphatic heterocycles. The third-order valence-corrected chi connectivity index (χ3v) is 4.37. The molecule has 2 heterocycles. The Hall–Kier alpha value is -2.47. The van der Waals surface area contributed by atoms with E-state index in [1.54, 1.807) is 19.2 Å². The summed E-state index contributed by atoms with van der Waals surface area (Å²) in [4.78, 5) is 16.4. The average molecular weight is 344 g/mol. The summed E-state index contributed by atoms with van der Waals surface area (Å²) in [6.45, 7) is 5.24. The monoisotopic (exact) mass is 344 g/mol. The first-order chi connectivity index (χ1) is 12.3. The smallest absolute Gasteiger partial charge is 0.374 e. The molecule has 0 atom stereocenters. The van der Waals surface area contributed by atoms with Crippen molar-refractivity contribution in [2.24, 2.45) is 0 Å². The maximum absolute atomic E-state index is 11.7. The van der Waals surface area contributed by atoms with Gasteiger partial charge in [0.1, 0.15) is 5.75 Å². The molecule has 25 heavy (non-hydrogen) atoms. The molecule has 1 aromatic heterocycles. The number of para-hydroxylation sites is 2. The van der Waals surface area contributed by atoms with Gasteiger partial charge in [-0.1, -0.05) is 12.1 Å². The molecule has 0 spiro atoms. The average Bonchev–Trinajstić information content (AvgIpc) is 3.20. The topological polar surface area (TPSA) is 55.2 Å². The van der Waals surface area contributed by atoms with E-state index in [0.717, 1.165) is 50.6 Å². The number of benzene rings is 1. The van der Waals surface area contributed by atoms with E-state index in [0.29, 0.717) is 6.61 Å². The lowest BCUT2D eigenvalue weighted by molar-refractivity contribution is 0.0451. The van der Waals surface area contributed by atoms with Crippen molar-refractivity contribution in [3.8, 4) is 5.75 Å². The first-order valence-electron chi connectivity index (χ1n) is 8.59. The van der Waals surface area contributed by atoms with Crippen LogP contribution >= 0.6 is 0 Å². The molecule has 2 aromatic rings. The molecule has 1 aromatic carbocycles. The van der Waals surface area contributed by atoms with Gasteiger partial charge in [0.2, 0.25) is 5.76 Å². The molecular weight excluding hydrogens is 320 g/mol. The van der Waals surface area contributed by atoms with E-state index in [-0.39, 0.29) is 5.76 Å². The summed E-state index contributed by atoms with van der Waals surface area (Å²) in [5.41, 5.74) is 1.15. The van der Waals surface area contributed by atoms with Crippen LogP contribution in [0.5, 0.6) is 5.75 Å². The van der Waals surface area contributed by atoms with E-state index in [1.807, 2.05) is 18.2 Å². The van der Waals surface area contributed by atoms with Crippen LogP contribution in [0.4, 0.5) is 5.69 Å². The highest BCUT2D eigenvalue weighted by Crippen LogP contribution is 2.28. The van der Waals surface area contributed by atoms with Crippen molar-refractivity contribution < 1.29 is 18.7 Å². The number of furan rings is 1. The van der Waals surface area contributed by atoms with Gasteiger partial charge in [0, 0.05) is 32.7 Å². The van der Waals surface area contributed by atoms with Crippen LogP contribution in [0.3, 0.4) is 0 Å². The van der Waals surface area contributed by atoms with Gasteiger partial charge in [-0.2, -0.15) is 0 Å². The van der Waals surface area contributed by atoms with Gasteiger partial charge in [-0.3, -0.25) is 4.90 Å². The number of nitrogens with zero attached hydrogens (tertiary/aromatic N) is 2. The predicted octanol–water partition coefficient (Wildman–Crippen LogP) is 2.66. The SMILES string of the molecule is COc1ccccc1N1CCN(CCCOC(=O)c2ccco2)CC1. The fraction of sp³-hybridized carbons (Fsp3) is 0.421. The minimum atomic E-state index is -0.397. The van der Waals surface area contributed by atoms with Gasteiger partial charge in [-0.15, -0.1) is 0 Å². The number of hydrogen-bond donors (Lipinski definition) is 0. The maximum atomic E-state index is 11.7. The lowest BCUT2D eigenvalue weighted by Gasteiger charge is -2.36. The van der Waals surface area contributed by atoms with E-state index >= 15 is 0 Å². The molecule has 1 aliphatic rings. The van der Waals surface area contributed by atoms with Crippen molar-refractivity contribution in [1.82, 2.24) is 4.90 Å². The first-order valence-corrected chi connectivity index (χ1v) is 8.59. The van der Waals surface area contributed by atoms with Crippen molar-refractivity contribution in [1.29, 1.82) is 0 Å². The summed E-state index contributed by atoms with van der Waals surface area (Å²) < 4.78 is 15.7. The number of anilines is 1. The summed E-state index contributed by atoms with van der Waals surface area (Å²) in [5.74, 6) is 0.775. The number of esters is 1. The normalized spacial score (nSPS) is 15.2. The second-order valence-corrected chi connectivity index (χ2v) is 5.97. The second kappa shape index (κ2) is 8.58. The lowest BCUT2D eigenvalue weighted by Crippen LogP contribution is -2.46. The van der Waals surface area contributed by atoms with Crippen LogP contribution in [-0.2, 0) is 4.74 Å².